The maximum atomic E-state index is 12.7. The maximum Gasteiger partial charge on any atom is 0.274 e. The molecule has 3 aromatic rings. The lowest BCUT2D eigenvalue weighted by Gasteiger charge is -2.12. The normalized spacial score (nSPS) is 11.1. The Bertz CT molecular complexity index is 1000. The monoisotopic (exact) mass is 395 g/mol. The third kappa shape index (κ3) is 5.01. The Morgan fingerprint density at radius 2 is 1.75 bits per heavy atom. The fourth-order valence-electron chi connectivity index (χ4n) is 2.96. The smallest absolute Gasteiger partial charge is 0.274 e. The number of carbonyl (C=O) groups excluding carboxylic acids is 1. The van der Waals surface area contributed by atoms with Crippen molar-refractivity contribution in [3.63, 3.8) is 0 Å². The molecule has 0 aliphatic rings. The van der Waals surface area contributed by atoms with Crippen LogP contribution >= 0.6 is 11.8 Å². The second-order valence-corrected chi connectivity index (χ2v) is 8.17. The Morgan fingerprint density at radius 3 is 2.46 bits per heavy atom. The second-order valence-electron chi connectivity index (χ2n) is 7.07. The topological polar surface area (TPSA) is 64.0 Å². The lowest BCUT2D eigenvalue weighted by Crippen LogP contribution is -2.32. The van der Waals surface area contributed by atoms with Gasteiger partial charge in [-0.2, -0.15) is 16.9 Å². The summed E-state index contributed by atoms with van der Waals surface area (Å²) < 4.78 is 1.41. The lowest BCUT2D eigenvalue weighted by atomic mass is 10.1. The number of thioether (sulfide) groups is 1. The molecule has 0 spiro atoms. The molecule has 0 saturated heterocycles. The number of fused-ring (bicyclic) bond motifs is 1. The molecule has 28 heavy (non-hydrogen) atoms. The van der Waals surface area contributed by atoms with E-state index in [-0.39, 0.29) is 17.4 Å². The standard InChI is InChI=1S/C22H25N3O2S/c1-16(2)14-25-22(27)19-11-7-6-10-18(19)20(24-25)21(26)23-12-13-28-15-17-8-4-3-5-9-17/h3-11,16H,12-15H2,1-2H3,(H,23,26). The van der Waals surface area contributed by atoms with E-state index in [2.05, 4.69) is 22.5 Å². The number of hydrogen-bond acceptors (Lipinski definition) is 4. The Hall–Kier alpha value is -2.60. The zero-order chi connectivity index (χ0) is 19.9. The van der Waals surface area contributed by atoms with Crippen molar-refractivity contribution in [2.75, 3.05) is 12.3 Å². The molecule has 1 aromatic heterocycles. The van der Waals surface area contributed by atoms with E-state index in [0.29, 0.717) is 29.6 Å². The maximum absolute atomic E-state index is 12.7. The highest BCUT2D eigenvalue weighted by Crippen LogP contribution is 2.14. The van der Waals surface area contributed by atoms with Gasteiger partial charge in [0.2, 0.25) is 0 Å². The van der Waals surface area contributed by atoms with Gasteiger partial charge in [0.25, 0.3) is 11.5 Å². The SMILES string of the molecule is CC(C)Cn1nc(C(=O)NCCSCc2ccccc2)c2ccccc2c1=O. The quantitative estimate of drug-likeness (QED) is 0.591. The van der Waals surface area contributed by atoms with Crippen LogP contribution in [0.15, 0.2) is 59.4 Å². The molecule has 5 nitrogen and oxygen atoms in total. The molecule has 6 heteroatoms. The molecule has 1 heterocycles. The highest BCUT2D eigenvalue weighted by atomic mass is 32.2. The lowest BCUT2D eigenvalue weighted by molar-refractivity contribution is 0.0950. The van der Waals surface area contributed by atoms with Gasteiger partial charge in [-0.25, -0.2) is 4.68 Å². The Morgan fingerprint density at radius 1 is 1.07 bits per heavy atom. The number of nitrogens with one attached hydrogen (secondary N) is 1. The first-order valence-electron chi connectivity index (χ1n) is 9.46. The predicted octanol–water partition coefficient (Wildman–Crippen LogP) is 3.72. The highest BCUT2D eigenvalue weighted by molar-refractivity contribution is 7.98. The molecular formula is C22H25N3O2S. The van der Waals surface area contributed by atoms with E-state index in [9.17, 15) is 9.59 Å². The van der Waals surface area contributed by atoms with Crippen LogP contribution in [0.1, 0.15) is 29.9 Å². The molecule has 0 fully saturated rings. The molecule has 0 aliphatic heterocycles. The summed E-state index contributed by atoms with van der Waals surface area (Å²) in [5, 5.41) is 8.44. The number of carbonyl (C=O) groups is 1. The molecule has 3 rings (SSSR count). The van der Waals surface area contributed by atoms with Crippen molar-refractivity contribution >= 4 is 28.4 Å². The van der Waals surface area contributed by atoms with Gasteiger partial charge in [-0.3, -0.25) is 9.59 Å². The van der Waals surface area contributed by atoms with Crippen molar-refractivity contribution in [3.05, 3.63) is 76.2 Å². The predicted molar refractivity (Wildman–Crippen MR) is 116 cm³/mol. The summed E-state index contributed by atoms with van der Waals surface area (Å²) in [6.45, 7) is 5.08. The number of aromatic nitrogens is 2. The van der Waals surface area contributed by atoms with Crippen molar-refractivity contribution in [1.82, 2.24) is 15.1 Å². The molecule has 0 bridgehead atoms. The summed E-state index contributed by atoms with van der Waals surface area (Å²) in [6, 6.07) is 17.4. The van der Waals surface area contributed by atoms with E-state index < -0.39 is 0 Å². The van der Waals surface area contributed by atoms with Crippen molar-refractivity contribution in [1.29, 1.82) is 0 Å². The van der Waals surface area contributed by atoms with Gasteiger partial charge < -0.3 is 5.32 Å². The fraction of sp³-hybridized carbons (Fsp3) is 0.318. The van der Waals surface area contributed by atoms with Crippen LogP contribution in [0.4, 0.5) is 0 Å². The highest BCUT2D eigenvalue weighted by Gasteiger charge is 2.16. The van der Waals surface area contributed by atoms with Gasteiger partial charge in [0, 0.05) is 30.0 Å². The third-order valence-electron chi connectivity index (χ3n) is 4.26. The van der Waals surface area contributed by atoms with Crippen LogP contribution in [0.3, 0.4) is 0 Å². The largest absolute Gasteiger partial charge is 0.350 e. The zero-order valence-electron chi connectivity index (χ0n) is 16.2. The minimum Gasteiger partial charge on any atom is -0.350 e. The Labute approximate surface area is 169 Å². The molecule has 2 aromatic carbocycles. The van der Waals surface area contributed by atoms with E-state index in [1.807, 2.05) is 44.2 Å². The van der Waals surface area contributed by atoms with Crippen molar-refractivity contribution in [2.45, 2.75) is 26.1 Å². The summed E-state index contributed by atoms with van der Waals surface area (Å²) >= 11 is 1.77. The van der Waals surface area contributed by atoms with Gasteiger partial charge in [0.05, 0.1) is 5.39 Å². The minimum atomic E-state index is -0.242. The summed E-state index contributed by atoms with van der Waals surface area (Å²) in [5.74, 6) is 1.74. The van der Waals surface area contributed by atoms with Crippen molar-refractivity contribution < 1.29 is 4.79 Å². The number of amides is 1. The van der Waals surface area contributed by atoms with Crippen LogP contribution in [-0.4, -0.2) is 28.0 Å². The Kier molecular flexibility index (Phi) is 6.87. The van der Waals surface area contributed by atoms with Gasteiger partial charge in [0.1, 0.15) is 0 Å². The molecule has 0 aliphatic carbocycles. The first-order valence-corrected chi connectivity index (χ1v) is 10.6. The van der Waals surface area contributed by atoms with Crippen LogP contribution in [0.5, 0.6) is 0 Å². The van der Waals surface area contributed by atoms with Crippen molar-refractivity contribution in [3.8, 4) is 0 Å². The molecule has 1 amide bonds. The van der Waals surface area contributed by atoms with Crippen LogP contribution in [0.25, 0.3) is 10.8 Å². The first-order chi connectivity index (χ1) is 13.6. The molecule has 0 atom stereocenters. The van der Waals surface area contributed by atoms with E-state index in [1.54, 1.807) is 23.9 Å². The molecular weight excluding hydrogens is 370 g/mol. The fourth-order valence-corrected chi connectivity index (χ4v) is 3.78. The first kappa shape index (κ1) is 20.1. The number of rotatable bonds is 8. The van der Waals surface area contributed by atoms with Crippen LogP contribution in [0.2, 0.25) is 0 Å². The average molecular weight is 396 g/mol. The summed E-state index contributed by atoms with van der Waals surface area (Å²) in [7, 11) is 0. The molecule has 146 valence electrons. The molecule has 1 N–H and O–H groups in total. The van der Waals surface area contributed by atoms with Crippen LogP contribution in [0, 0.1) is 5.92 Å². The van der Waals surface area contributed by atoms with Gasteiger partial charge in [-0.05, 0) is 17.5 Å². The van der Waals surface area contributed by atoms with E-state index in [1.165, 1.54) is 10.2 Å². The van der Waals surface area contributed by atoms with Gasteiger partial charge in [0.15, 0.2) is 5.69 Å². The summed E-state index contributed by atoms with van der Waals surface area (Å²) in [5.41, 5.74) is 1.43. The third-order valence-corrected chi connectivity index (χ3v) is 5.29. The summed E-state index contributed by atoms with van der Waals surface area (Å²) in [4.78, 5) is 25.4. The number of hydrogen-bond donors (Lipinski definition) is 1. The van der Waals surface area contributed by atoms with E-state index in [4.69, 9.17) is 0 Å². The van der Waals surface area contributed by atoms with E-state index >= 15 is 0 Å². The van der Waals surface area contributed by atoms with Gasteiger partial charge in [-0.15, -0.1) is 0 Å². The molecule has 0 radical (unpaired) electrons. The van der Waals surface area contributed by atoms with E-state index in [0.717, 1.165) is 11.5 Å². The van der Waals surface area contributed by atoms with Gasteiger partial charge >= 0.3 is 0 Å². The number of nitrogens with zero attached hydrogens (tertiary/aromatic N) is 2. The zero-order valence-corrected chi connectivity index (χ0v) is 17.0. The molecule has 0 unspecified atom stereocenters. The van der Waals surface area contributed by atoms with Crippen LogP contribution < -0.4 is 10.9 Å². The molecule has 0 saturated carbocycles. The van der Waals surface area contributed by atoms with Crippen molar-refractivity contribution in [2.24, 2.45) is 5.92 Å². The summed E-state index contributed by atoms with van der Waals surface area (Å²) in [6.07, 6.45) is 0. The second kappa shape index (κ2) is 9.55. The average Bonchev–Trinajstić information content (AvgIpc) is 2.70. The van der Waals surface area contributed by atoms with Gasteiger partial charge in [-0.1, -0.05) is 62.4 Å². The minimum absolute atomic E-state index is 0.153. The Balaban J connectivity index is 1.68. The number of benzene rings is 2. The van der Waals surface area contributed by atoms with Crippen LogP contribution in [-0.2, 0) is 12.3 Å².